The normalized spacial score (nSPS) is 19.0. The van der Waals surface area contributed by atoms with E-state index in [0.717, 1.165) is 12.7 Å². The number of likely N-dealkylation sites (tertiary alicyclic amines) is 1. The molecule has 0 unspecified atom stereocenters. The molecule has 1 aliphatic rings. The van der Waals surface area contributed by atoms with E-state index in [1.54, 1.807) is 17.0 Å². The van der Waals surface area contributed by atoms with Gasteiger partial charge in [0.2, 0.25) is 15.8 Å². The van der Waals surface area contributed by atoms with Crippen LogP contribution in [-0.4, -0.2) is 49.8 Å². The third-order valence-electron chi connectivity index (χ3n) is 3.58. The lowest BCUT2D eigenvalue weighted by Crippen LogP contribution is -2.49. The van der Waals surface area contributed by atoms with E-state index in [0.29, 0.717) is 31.0 Å². The van der Waals surface area contributed by atoms with Crippen LogP contribution in [0.25, 0.3) is 11.5 Å². The largest absolute Gasteiger partial charge is 0.461 e. The number of rotatable bonds is 4. The first-order valence-corrected chi connectivity index (χ1v) is 9.09. The Morgan fingerprint density at radius 3 is 2.96 bits per heavy atom. The molecule has 1 saturated heterocycles. The third kappa shape index (κ3) is 3.80. The van der Waals surface area contributed by atoms with Gasteiger partial charge in [0.15, 0.2) is 11.5 Å². The summed E-state index contributed by atoms with van der Waals surface area (Å²) in [6, 6.07) is 4.67. The minimum atomic E-state index is -3.30. The van der Waals surface area contributed by atoms with Gasteiger partial charge in [-0.1, -0.05) is 5.16 Å². The maximum absolute atomic E-state index is 12.5. The topological polar surface area (TPSA) is 106 Å². The minimum absolute atomic E-state index is 0.177. The lowest BCUT2D eigenvalue weighted by atomic mass is 10.1. The zero-order valence-electron chi connectivity index (χ0n) is 12.6. The molecule has 124 valence electrons. The van der Waals surface area contributed by atoms with E-state index in [1.165, 1.54) is 12.3 Å². The molecule has 0 saturated carbocycles. The predicted molar refractivity (Wildman–Crippen MR) is 81.1 cm³/mol. The number of piperidine rings is 1. The van der Waals surface area contributed by atoms with Crippen LogP contribution in [0, 0.1) is 0 Å². The van der Waals surface area contributed by atoms with Crippen molar-refractivity contribution < 1.29 is 22.2 Å². The van der Waals surface area contributed by atoms with Crippen LogP contribution in [0.1, 0.15) is 23.3 Å². The van der Waals surface area contributed by atoms with Gasteiger partial charge >= 0.3 is 0 Å². The second kappa shape index (κ2) is 6.17. The van der Waals surface area contributed by atoms with Gasteiger partial charge in [-0.2, -0.15) is 0 Å². The van der Waals surface area contributed by atoms with Crippen molar-refractivity contribution in [2.24, 2.45) is 0 Å². The summed E-state index contributed by atoms with van der Waals surface area (Å²) in [4.78, 5) is 14.1. The zero-order chi connectivity index (χ0) is 16.4. The summed E-state index contributed by atoms with van der Waals surface area (Å²) in [5.41, 5.74) is 0.177. The van der Waals surface area contributed by atoms with Gasteiger partial charge in [-0.15, -0.1) is 0 Å². The fourth-order valence-corrected chi connectivity index (χ4v) is 3.43. The van der Waals surface area contributed by atoms with E-state index in [-0.39, 0.29) is 17.6 Å². The first-order chi connectivity index (χ1) is 10.9. The zero-order valence-corrected chi connectivity index (χ0v) is 13.4. The number of amides is 1. The fourth-order valence-electron chi connectivity index (χ4n) is 2.63. The first-order valence-electron chi connectivity index (χ1n) is 7.19. The Morgan fingerprint density at radius 2 is 2.26 bits per heavy atom. The number of hydrogen-bond acceptors (Lipinski definition) is 6. The van der Waals surface area contributed by atoms with Gasteiger partial charge in [0.05, 0.1) is 12.5 Å². The van der Waals surface area contributed by atoms with Crippen molar-refractivity contribution in [2.75, 3.05) is 19.3 Å². The number of hydrogen-bond donors (Lipinski definition) is 1. The second-order valence-electron chi connectivity index (χ2n) is 5.53. The molecule has 0 bridgehead atoms. The molecule has 1 fully saturated rings. The average molecular weight is 339 g/mol. The van der Waals surface area contributed by atoms with Crippen molar-refractivity contribution >= 4 is 15.9 Å². The molecule has 0 aliphatic carbocycles. The Kier molecular flexibility index (Phi) is 4.22. The number of carbonyl (C=O) groups excluding carboxylic acids is 1. The van der Waals surface area contributed by atoms with Gasteiger partial charge < -0.3 is 13.8 Å². The highest BCUT2D eigenvalue weighted by Gasteiger charge is 2.28. The van der Waals surface area contributed by atoms with E-state index >= 15 is 0 Å². The number of nitrogens with one attached hydrogen (secondary N) is 1. The van der Waals surface area contributed by atoms with Crippen molar-refractivity contribution in [2.45, 2.75) is 18.9 Å². The number of sulfonamides is 1. The van der Waals surface area contributed by atoms with E-state index in [2.05, 4.69) is 9.88 Å². The van der Waals surface area contributed by atoms with Crippen LogP contribution < -0.4 is 4.72 Å². The van der Waals surface area contributed by atoms with Crippen LogP contribution in [0.2, 0.25) is 0 Å². The van der Waals surface area contributed by atoms with Crippen molar-refractivity contribution in [1.29, 1.82) is 0 Å². The number of nitrogens with zero attached hydrogens (tertiary/aromatic N) is 2. The molecule has 0 aromatic carbocycles. The van der Waals surface area contributed by atoms with Crippen LogP contribution in [0.5, 0.6) is 0 Å². The molecular formula is C14H17N3O5S. The Balaban J connectivity index is 1.70. The molecular weight excluding hydrogens is 322 g/mol. The lowest BCUT2D eigenvalue weighted by Gasteiger charge is -2.32. The lowest BCUT2D eigenvalue weighted by molar-refractivity contribution is 0.0692. The summed E-state index contributed by atoms with van der Waals surface area (Å²) >= 11 is 0. The molecule has 3 heterocycles. The van der Waals surface area contributed by atoms with E-state index in [9.17, 15) is 13.2 Å². The summed E-state index contributed by atoms with van der Waals surface area (Å²) in [6.07, 6.45) is 4.04. The second-order valence-corrected chi connectivity index (χ2v) is 7.31. The maximum atomic E-state index is 12.5. The SMILES string of the molecule is CS(=O)(=O)N[C@@H]1CCCN(C(=O)c2cc(-c3ccco3)on2)C1. The van der Waals surface area contributed by atoms with Crippen LogP contribution in [0.4, 0.5) is 0 Å². The van der Waals surface area contributed by atoms with E-state index < -0.39 is 10.0 Å². The number of furan rings is 1. The highest BCUT2D eigenvalue weighted by atomic mass is 32.2. The minimum Gasteiger partial charge on any atom is -0.461 e. The fraction of sp³-hybridized carbons (Fsp3) is 0.429. The molecule has 9 heteroatoms. The van der Waals surface area contributed by atoms with Gasteiger partial charge in [0.1, 0.15) is 0 Å². The van der Waals surface area contributed by atoms with Crippen molar-refractivity contribution in [3.8, 4) is 11.5 Å². The van der Waals surface area contributed by atoms with Crippen LogP contribution in [-0.2, 0) is 10.0 Å². The first kappa shape index (κ1) is 15.8. The van der Waals surface area contributed by atoms with Crippen LogP contribution >= 0.6 is 0 Å². The average Bonchev–Trinajstić information content (AvgIpc) is 3.16. The standard InChI is InChI=1S/C14H17N3O5S/c1-23(19,20)16-10-4-2-6-17(9-10)14(18)11-8-13(22-15-11)12-5-3-7-21-12/h3,5,7-8,10,16H,2,4,6,9H2,1H3/t10-/m1/s1. The van der Waals surface area contributed by atoms with Gasteiger partial charge in [-0.05, 0) is 25.0 Å². The summed E-state index contributed by atoms with van der Waals surface area (Å²) < 4.78 is 35.5. The van der Waals surface area contributed by atoms with Crippen molar-refractivity contribution in [1.82, 2.24) is 14.8 Å². The van der Waals surface area contributed by atoms with E-state index in [1.807, 2.05) is 0 Å². The summed E-state index contributed by atoms with van der Waals surface area (Å²) in [6.45, 7) is 0.874. The monoisotopic (exact) mass is 339 g/mol. The molecule has 1 N–H and O–H groups in total. The third-order valence-corrected chi connectivity index (χ3v) is 4.34. The molecule has 8 nitrogen and oxygen atoms in total. The Morgan fingerprint density at radius 1 is 1.43 bits per heavy atom. The molecule has 1 amide bonds. The molecule has 2 aromatic heterocycles. The molecule has 1 aliphatic heterocycles. The highest BCUT2D eigenvalue weighted by Crippen LogP contribution is 2.22. The summed E-state index contributed by atoms with van der Waals surface area (Å²) in [5, 5.41) is 3.78. The van der Waals surface area contributed by atoms with Crippen molar-refractivity contribution in [3.63, 3.8) is 0 Å². The maximum Gasteiger partial charge on any atom is 0.276 e. The smallest absolute Gasteiger partial charge is 0.276 e. The molecule has 1 atom stereocenters. The van der Waals surface area contributed by atoms with E-state index in [4.69, 9.17) is 8.94 Å². The van der Waals surface area contributed by atoms with Crippen LogP contribution in [0.3, 0.4) is 0 Å². The van der Waals surface area contributed by atoms with Crippen molar-refractivity contribution in [3.05, 3.63) is 30.2 Å². The summed E-state index contributed by atoms with van der Waals surface area (Å²) in [7, 11) is -3.30. The van der Waals surface area contributed by atoms with Gasteiger partial charge in [0.25, 0.3) is 5.91 Å². The Hall–Kier alpha value is -2.13. The van der Waals surface area contributed by atoms with Crippen LogP contribution in [0.15, 0.2) is 33.4 Å². The number of aromatic nitrogens is 1. The quantitative estimate of drug-likeness (QED) is 0.894. The summed E-state index contributed by atoms with van der Waals surface area (Å²) in [5.74, 6) is 0.583. The molecule has 2 aromatic rings. The predicted octanol–water partition coefficient (Wildman–Crippen LogP) is 1.09. The molecule has 23 heavy (non-hydrogen) atoms. The van der Waals surface area contributed by atoms with Gasteiger partial charge in [0, 0.05) is 25.2 Å². The Labute approximate surface area is 133 Å². The number of carbonyl (C=O) groups is 1. The van der Waals surface area contributed by atoms with Gasteiger partial charge in [-0.25, -0.2) is 13.1 Å². The molecule has 3 rings (SSSR count). The molecule has 0 spiro atoms. The Bertz CT molecular complexity index is 781. The highest BCUT2D eigenvalue weighted by molar-refractivity contribution is 7.88. The molecule has 0 radical (unpaired) electrons. The van der Waals surface area contributed by atoms with Gasteiger partial charge in [-0.3, -0.25) is 4.79 Å².